The van der Waals surface area contributed by atoms with Crippen molar-refractivity contribution in [3.63, 3.8) is 0 Å². The first-order chi connectivity index (χ1) is 13.4. The van der Waals surface area contributed by atoms with Crippen LogP contribution in [-0.4, -0.2) is 67.2 Å². The van der Waals surface area contributed by atoms with Crippen molar-refractivity contribution in [3.05, 3.63) is 36.5 Å². The predicted octanol–water partition coefficient (Wildman–Crippen LogP) is 4.39. The summed E-state index contributed by atoms with van der Waals surface area (Å²) in [6.45, 7) is 16.2. The van der Waals surface area contributed by atoms with E-state index in [4.69, 9.17) is 0 Å². The Morgan fingerprint density at radius 1 is 1.21 bits per heavy atom. The molecule has 1 N–H and O–H groups in total. The third kappa shape index (κ3) is 10.9. The van der Waals surface area contributed by atoms with Crippen molar-refractivity contribution >= 4 is 12.5 Å². The summed E-state index contributed by atoms with van der Waals surface area (Å²) in [5.74, 6) is 0. The van der Waals surface area contributed by atoms with Gasteiger partial charge in [-0.25, -0.2) is 4.79 Å². The molecule has 0 aromatic carbocycles. The molecule has 2 saturated heterocycles. The summed E-state index contributed by atoms with van der Waals surface area (Å²) >= 11 is 0. The minimum atomic E-state index is 0. The van der Waals surface area contributed by atoms with Gasteiger partial charge in [0.1, 0.15) is 6.61 Å². The van der Waals surface area contributed by atoms with E-state index in [-0.39, 0.29) is 19.5 Å². The Morgan fingerprint density at radius 3 is 2.38 bits per heavy atom. The highest BCUT2D eigenvalue weighted by Crippen LogP contribution is 2.30. The van der Waals surface area contributed by atoms with Gasteiger partial charge in [0.15, 0.2) is 0 Å². The normalized spacial score (nSPS) is 20.7. The van der Waals surface area contributed by atoms with E-state index in [1.54, 1.807) is 6.08 Å². The molecule has 168 valence electrons. The Labute approximate surface area is 178 Å². The van der Waals surface area contributed by atoms with Gasteiger partial charge in [-0.05, 0) is 46.2 Å². The molecule has 6 nitrogen and oxygen atoms in total. The third-order valence-corrected chi connectivity index (χ3v) is 4.53. The molecule has 0 spiro atoms. The fourth-order valence-electron chi connectivity index (χ4n) is 3.30. The van der Waals surface area contributed by atoms with Gasteiger partial charge in [0, 0.05) is 25.2 Å². The number of carbonyl (C=O) groups is 2. The summed E-state index contributed by atoms with van der Waals surface area (Å²) in [6, 6.07) is 1.40. The van der Waals surface area contributed by atoms with Crippen LogP contribution in [0.25, 0.3) is 0 Å². The number of urea groups is 1. The molecule has 0 aromatic rings. The summed E-state index contributed by atoms with van der Waals surface area (Å²) < 4.78 is 4.52. The number of amides is 2. The van der Waals surface area contributed by atoms with E-state index in [0.717, 1.165) is 31.5 Å². The first-order valence-electron chi connectivity index (χ1n) is 10.2. The lowest BCUT2D eigenvalue weighted by Gasteiger charge is -2.25. The smallest absolute Gasteiger partial charge is 0.317 e. The van der Waals surface area contributed by atoms with E-state index in [0.29, 0.717) is 25.2 Å². The minimum Gasteiger partial charge on any atom is -0.463 e. The molecule has 2 aliphatic rings. The maximum atomic E-state index is 11.9. The van der Waals surface area contributed by atoms with Gasteiger partial charge >= 0.3 is 6.03 Å². The average molecular weight is 410 g/mol. The summed E-state index contributed by atoms with van der Waals surface area (Å²) in [6.07, 6.45) is 9.47. The Balaban J connectivity index is 0. The monoisotopic (exact) mass is 409 g/mol. The Bertz CT molecular complexity index is 529. The number of hydrogen-bond acceptors (Lipinski definition) is 4. The van der Waals surface area contributed by atoms with Crippen LogP contribution in [0.2, 0.25) is 0 Å². The Hall–Kier alpha value is -2.08. The number of nitrogens with zero attached hydrogens (tertiary/aromatic N) is 2. The van der Waals surface area contributed by atoms with E-state index in [1.165, 1.54) is 0 Å². The molecule has 0 aromatic heterocycles. The summed E-state index contributed by atoms with van der Waals surface area (Å²) in [4.78, 5) is 26.1. The second kappa shape index (κ2) is 16.8. The predicted molar refractivity (Wildman–Crippen MR) is 123 cm³/mol. The van der Waals surface area contributed by atoms with Crippen LogP contribution in [0.1, 0.15) is 54.9 Å². The molecule has 0 bridgehead atoms. The fraction of sp³-hybridized carbons (Fsp3) is 0.652. The second-order valence-electron chi connectivity index (χ2n) is 7.03. The molecule has 2 fully saturated rings. The maximum absolute atomic E-state index is 11.9. The van der Waals surface area contributed by atoms with Gasteiger partial charge in [-0.1, -0.05) is 52.2 Å². The van der Waals surface area contributed by atoms with Crippen LogP contribution in [0.4, 0.5) is 4.79 Å². The first kappa shape index (κ1) is 29.1. The number of likely N-dealkylation sites (N-methyl/N-ethyl adjacent to an activating group) is 1. The summed E-state index contributed by atoms with van der Waals surface area (Å²) in [5, 5.41) is 2.98. The van der Waals surface area contributed by atoms with Crippen molar-refractivity contribution < 1.29 is 14.3 Å². The van der Waals surface area contributed by atoms with Crippen LogP contribution in [0, 0.1) is 0 Å². The topological polar surface area (TPSA) is 61.9 Å². The first-order valence-corrected chi connectivity index (χ1v) is 10.2. The highest BCUT2D eigenvalue weighted by molar-refractivity contribution is 5.75. The number of carbonyl (C=O) groups excluding carboxylic acids is 2. The second-order valence-corrected chi connectivity index (χ2v) is 7.03. The van der Waals surface area contributed by atoms with Gasteiger partial charge in [0.05, 0.1) is 6.04 Å². The molecule has 0 radical (unpaired) electrons. The lowest BCUT2D eigenvalue weighted by molar-refractivity contribution is -0.127. The standard InChI is InChI=1S/C11H21N3O.C9H12O2.C2H6.CH4/c1-8(2)12-11(15)14-7-5-9-10(14)4-6-13(9)3;1-3-4-5-6-9(2)7-11-8-10;1-2;/h8-10H,4-7H2,1-3H3,(H,12,15);3-6,8H,1,7H2,2H3;1-2H3;1H4/b;5-4-,9-6+;;. The van der Waals surface area contributed by atoms with Crippen LogP contribution >= 0.6 is 0 Å². The fourth-order valence-corrected chi connectivity index (χ4v) is 3.30. The molecule has 2 heterocycles. The zero-order chi connectivity index (χ0) is 21.5. The van der Waals surface area contributed by atoms with E-state index in [1.807, 2.05) is 57.7 Å². The van der Waals surface area contributed by atoms with Gasteiger partial charge in [-0.15, -0.1) is 0 Å². The molecule has 2 atom stereocenters. The highest BCUT2D eigenvalue weighted by Gasteiger charge is 2.42. The summed E-state index contributed by atoms with van der Waals surface area (Å²) in [7, 11) is 2.16. The van der Waals surface area contributed by atoms with E-state index >= 15 is 0 Å². The SMILES string of the molecule is C.C=C/C=C\C=C(/C)COC=O.CC.CC(C)NC(=O)N1CCC2C1CCN2C. The molecule has 0 saturated carbocycles. The maximum Gasteiger partial charge on any atom is 0.317 e. The number of likely N-dealkylation sites (tertiary alicyclic amines) is 2. The largest absolute Gasteiger partial charge is 0.463 e. The number of nitrogens with one attached hydrogen (secondary N) is 1. The number of hydrogen-bond donors (Lipinski definition) is 1. The number of rotatable bonds is 6. The number of ether oxygens (including phenoxy) is 1. The van der Waals surface area contributed by atoms with Crippen LogP contribution in [0.5, 0.6) is 0 Å². The van der Waals surface area contributed by atoms with Crippen molar-refractivity contribution in [2.24, 2.45) is 0 Å². The molecule has 2 unspecified atom stereocenters. The lowest BCUT2D eigenvalue weighted by atomic mass is 10.1. The van der Waals surface area contributed by atoms with Crippen molar-refractivity contribution in [1.82, 2.24) is 15.1 Å². The van der Waals surface area contributed by atoms with Crippen molar-refractivity contribution in [2.45, 2.75) is 73.0 Å². The highest BCUT2D eigenvalue weighted by atomic mass is 16.5. The molecule has 29 heavy (non-hydrogen) atoms. The van der Waals surface area contributed by atoms with Crippen LogP contribution in [0.15, 0.2) is 36.5 Å². The Morgan fingerprint density at radius 2 is 1.83 bits per heavy atom. The molecular formula is C23H43N3O3. The molecular weight excluding hydrogens is 366 g/mol. The molecule has 6 heteroatoms. The number of allylic oxidation sites excluding steroid dienone is 4. The summed E-state index contributed by atoms with van der Waals surface area (Å²) in [5.41, 5.74) is 0.996. The number of fused-ring (bicyclic) bond motifs is 1. The van der Waals surface area contributed by atoms with Gasteiger partial charge < -0.3 is 19.9 Å². The van der Waals surface area contributed by atoms with Gasteiger partial charge in [-0.2, -0.15) is 0 Å². The zero-order valence-electron chi connectivity index (χ0n) is 18.5. The molecule has 0 aliphatic carbocycles. The molecule has 2 rings (SSSR count). The lowest BCUT2D eigenvalue weighted by Crippen LogP contribution is -2.46. The van der Waals surface area contributed by atoms with E-state index in [2.05, 4.69) is 28.6 Å². The van der Waals surface area contributed by atoms with Crippen LogP contribution < -0.4 is 5.32 Å². The van der Waals surface area contributed by atoms with Crippen molar-refractivity contribution in [2.75, 3.05) is 26.7 Å². The van der Waals surface area contributed by atoms with E-state index < -0.39 is 0 Å². The third-order valence-electron chi connectivity index (χ3n) is 4.53. The quantitative estimate of drug-likeness (QED) is 0.522. The van der Waals surface area contributed by atoms with Gasteiger partial charge in [0.25, 0.3) is 6.47 Å². The van der Waals surface area contributed by atoms with Gasteiger partial charge in [0.2, 0.25) is 0 Å². The van der Waals surface area contributed by atoms with E-state index in [9.17, 15) is 9.59 Å². The zero-order valence-corrected chi connectivity index (χ0v) is 18.5. The van der Waals surface area contributed by atoms with Gasteiger partial charge in [-0.3, -0.25) is 4.79 Å². The van der Waals surface area contributed by atoms with Crippen LogP contribution in [-0.2, 0) is 9.53 Å². The molecule has 2 amide bonds. The van der Waals surface area contributed by atoms with Crippen molar-refractivity contribution in [1.29, 1.82) is 0 Å². The molecule has 2 aliphatic heterocycles. The average Bonchev–Trinajstić information content (AvgIpc) is 3.25. The van der Waals surface area contributed by atoms with Crippen molar-refractivity contribution in [3.8, 4) is 0 Å². The van der Waals surface area contributed by atoms with Crippen LogP contribution in [0.3, 0.4) is 0 Å². The Kier molecular flexibility index (Phi) is 16.9. The minimum absolute atomic E-state index is 0.